The van der Waals surface area contributed by atoms with E-state index in [4.69, 9.17) is 14.2 Å². The molecular weight excluding hydrogens is 440 g/mol. The molecule has 2 amide bonds. The fraction of sp³-hybridized carbons (Fsp3) is 0.120. The number of para-hydroxylation sites is 2. The third-order valence-electron chi connectivity index (χ3n) is 5.00. The van der Waals surface area contributed by atoms with Gasteiger partial charge >= 0.3 is 0 Å². The zero-order chi connectivity index (χ0) is 23.4. The number of carbonyl (C=O) groups is 2. The molecule has 168 valence electrons. The minimum absolute atomic E-state index is 0.156. The van der Waals surface area contributed by atoms with Gasteiger partial charge in [-0.2, -0.15) is 0 Å². The highest BCUT2D eigenvalue weighted by Gasteiger charge is 2.41. The largest absolute Gasteiger partial charge is 0.497 e. The Balaban J connectivity index is 1.79. The molecule has 0 radical (unpaired) electrons. The Bertz CT molecular complexity index is 1230. The average Bonchev–Trinajstić information content (AvgIpc) is 3.08. The minimum atomic E-state index is -0.485. The number of rotatable bonds is 8. The van der Waals surface area contributed by atoms with E-state index >= 15 is 0 Å². The number of methoxy groups -OCH3 is 3. The van der Waals surface area contributed by atoms with Crippen LogP contribution in [0.4, 0.5) is 11.4 Å². The Kier molecular flexibility index (Phi) is 6.55. The Hall–Kier alpha value is -3.91. The molecule has 0 aromatic heterocycles. The fourth-order valence-electron chi connectivity index (χ4n) is 3.39. The lowest BCUT2D eigenvalue weighted by Gasteiger charge is -2.18. The lowest BCUT2D eigenvalue weighted by molar-refractivity contribution is -0.120. The van der Waals surface area contributed by atoms with Crippen molar-refractivity contribution in [2.45, 2.75) is 4.90 Å². The summed E-state index contributed by atoms with van der Waals surface area (Å²) in [7, 11) is 4.58. The molecule has 1 heterocycles. The molecule has 1 aliphatic rings. The first kappa shape index (κ1) is 22.3. The van der Waals surface area contributed by atoms with E-state index in [0.717, 1.165) is 9.80 Å². The summed E-state index contributed by atoms with van der Waals surface area (Å²) in [5.74, 6) is 0.581. The van der Waals surface area contributed by atoms with E-state index in [9.17, 15) is 9.59 Å². The van der Waals surface area contributed by atoms with Gasteiger partial charge in [-0.1, -0.05) is 42.1 Å². The van der Waals surface area contributed by atoms with Crippen LogP contribution in [0.3, 0.4) is 0 Å². The van der Waals surface area contributed by atoms with Crippen LogP contribution in [0.5, 0.6) is 17.2 Å². The summed E-state index contributed by atoms with van der Waals surface area (Å²) in [4.78, 5) is 29.3. The molecule has 3 aromatic carbocycles. The van der Waals surface area contributed by atoms with Gasteiger partial charge in [0.15, 0.2) is 0 Å². The standard InChI is InChI=1S/C25H22N2O5S/c1-30-16-13-14-18(21(15-16)32-3)26-22-23(33-17-9-5-4-6-10-17)25(29)27(24(22)28)19-11-7-8-12-20(19)31-2/h4-15,26H,1-3H3. The molecule has 3 aromatic rings. The van der Waals surface area contributed by atoms with Gasteiger partial charge < -0.3 is 19.5 Å². The lowest BCUT2D eigenvalue weighted by Crippen LogP contribution is -2.32. The number of nitrogens with zero attached hydrogens (tertiary/aromatic N) is 1. The molecule has 0 fully saturated rings. The van der Waals surface area contributed by atoms with E-state index in [-0.39, 0.29) is 10.6 Å². The van der Waals surface area contributed by atoms with E-state index < -0.39 is 11.8 Å². The summed E-state index contributed by atoms with van der Waals surface area (Å²) in [5.41, 5.74) is 1.06. The van der Waals surface area contributed by atoms with Gasteiger partial charge in [0.2, 0.25) is 0 Å². The highest BCUT2D eigenvalue weighted by atomic mass is 32.2. The highest BCUT2D eigenvalue weighted by molar-refractivity contribution is 8.04. The van der Waals surface area contributed by atoms with Crippen LogP contribution in [-0.4, -0.2) is 33.1 Å². The van der Waals surface area contributed by atoms with E-state index in [1.807, 2.05) is 30.3 Å². The van der Waals surface area contributed by atoms with Crippen molar-refractivity contribution in [2.24, 2.45) is 0 Å². The number of imide groups is 1. The predicted molar refractivity (Wildman–Crippen MR) is 128 cm³/mol. The Labute approximate surface area is 196 Å². The number of hydrogen-bond donors (Lipinski definition) is 1. The quantitative estimate of drug-likeness (QED) is 0.486. The van der Waals surface area contributed by atoms with E-state index in [1.54, 1.807) is 49.6 Å². The molecule has 0 atom stereocenters. The van der Waals surface area contributed by atoms with Crippen LogP contribution in [0.1, 0.15) is 0 Å². The lowest BCUT2D eigenvalue weighted by atomic mass is 10.2. The fourth-order valence-corrected chi connectivity index (χ4v) is 4.34. The van der Waals surface area contributed by atoms with E-state index in [1.165, 1.54) is 26.0 Å². The number of benzene rings is 3. The maximum Gasteiger partial charge on any atom is 0.283 e. The molecule has 0 saturated carbocycles. The highest BCUT2D eigenvalue weighted by Crippen LogP contribution is 2.41. The number of anilines is 2. The van der Waals surface area contributed by atoms with Crippen molar-refractivity contribution in [1.82, 2.24) is 0 Å². The zero-order valence-electron chi connectivity index (χ0n) is 18.3. The van der Waals surface area contributed by atoms with Crippen molar-refractivity contribution in [1.29, 1.82) is 0 Å². The van der Waals surface area contributed by atoms with Crippen LogP contribution in [-0.2, 0) is 9.59 Å². The number of hydrogen-bond acceptors (Lipinski definition) is 7. The minimum Gasteiger partial charge on any atom is -0.497 e. The zero-order valence-corrected chi connectivity index (χ0v) is 19.1. The van der Waals surface area contributed by atoms with Crippen LogP contribution in [0.2, 0.25) is 0 Å². The predicted octanol–water partition coefficient (Wildman–Crippen LogP) is 4.70. The first-order valence-corrected chi connectivity index (χ1v) is 10.9. The molecule has 8 heteroatoms. The third kappa shape index (κ3) is 4.38. The van der Waals surface area contributed by atoms with Crippen LogP contribution < -0.4 is 24.4 Å². The summed E-state index contributed by atoms with van der Waals surface area (Å²) in [6, 6.07) is 21.5. The summed E-state index contributed by atoms with van der Waals surface area (Å²) >= 11 is 1.22. The van der Waals surface area contributed by atoms with E-state index in [0.29, 0.717) is 28.6 Å². The third-order valence-corrected chi connectivity index (χ3v) is 6.09. The molecule has 1 N–H and O–H groups in total. The summed E-state index contributed by atoms with van der Waals surface area (Å²) < 4.78 is 16.1. The molecule has 0 bridgehead atoms. The van der Waals surface area contributed by atoms with Crippen LogP contribution >= 0.6 is 11.8 Å². The maximum atomic E-state index is 13.6. The maximum absolute atomic E-state index is 13.6. The van der Waals surface area contributed by atoms with Gasteiger partial charge in [-0.25, -0.2) is 4.90 Å². The molecular formula is C25H22N2O5S. The van der Waals surface area contributed by atoms with Crippen molar-refractivity contribution in [3.8, 4) is 17.2 Å². The summed E-state index contributed by atoms with van der Waals surface area (Å²) in [6.45, 7) is 0. The monoisotopic (exact) mass is 462 g/mol. The topological polar surface area (TPSA) is 77.1 Å². The molecule has 33 heavy (non-hydrogen) atoms. The second-order valence-corrected chi connectivity index (χ2v) is 8.01. The van der Waals surface area contributed by atoms with Crippen molar-refractivity contribution < 1.29 is 23.8 Å². The number of amides is 2. The molecule has 4 rings (SSSR count). The second kappa shape index (κ2) is 9.70. The smallest absolute Gasteiger partial charge is 0.283 e. The first-order valence-electron chi connectivity index (χ1n) is 10.1. The van der Waals surface area contributed by atoms with Gasteiger partial charge in [-0.05, 0) is 36.4 Å². The molecule has 0 saturated heterocycles. The summed E-state index contributed by atoms with van der Waals surface area (Å²) in [6.07, 6.45) is 0. The number of carbonyl (C=O) groups excluding carboxylic acids is 2. The number of nitrogens with one attached hydrogen (secondary N) is 1. The van der Waals surface area contributed by atoms with Crippen LogP contribution in [0, 0.1) is 0 Å². The van der Waals surface area contributed by atoms with Crippen molar-refractivity contribution in [3.05, 3.63) is 83.4 Å². The average molecular weight is 463 g/mol. The molecule has 0 aliphatic carbocycles. The van der Waals surface area contributed by atoms with Gasteiger partial charge in [-0.3, -0.25) is 9.59 Å². The van der Waals surface area contributed by atoms with Gasteiger partial charge in [-0.15, -0.1) is 0 Å². The molecule has 0 spiro atoms. The number of ether oxygens (including phenoxy) is 3. The Morgan fingerprint density at radius 1 is 0.758 bits per heavy atom. The number of thioether (sulfide) groups is 1. The molecule has 7 nitrogen and oxygen atoms in total. The second-order valence-electron chi connectivity index (χ2n) is 6.93. The van der Waals surface area contributed by atoms with Crippen molar-refractivity contribution >= 4 is 35.0 Å². The summed E-state index contributed by atoms with van der Waals surface area (Å²) in [5, 5.41) is 3.12. The van der Waals surface area contributed by atoms with E-state index in [2.05, 4.69) is 5.32 Å². The van der Waals surface area contributed by atoms with Gasteiger partial charge in [0.1, 0.15) is 27.9 Å². The van der Waals surface area contributed by atoms with Gasteiger partial charge in [0, 0.05) is 11.0 Å². The Morgan fingerprint density at radius 2 is 1.45 bits per heavy atom. The normalized spacial score (nSPS) is 13.4. The first-order chi connectivity index (χ1) is 16.1. The van der Waals surface area contributed by atoms with Gasteiger partial charge in [0.25, 0.3) is 11.8 Å². The Morgan fingerprint density at radius 3 is 2.15 bits per heavy atom. The SMILES string of the molecule is COc1ccc(NC2=C(Sc3ccccc3)C(=O)N(c3ccccc3OC)C2=O)c(OC)c1. The molecule has 1 aliphatic heterocycles. The van der Waals surface area contributed by atoms with Crippen LogP contribution in [0.15, 0.2) is 88.3 Å². The van der Waals surface area contributed by atoms with Crippen molar-refractivity contribution in [3.63, 3.8) is 0 Å². The molecule has 0 unspecified atom stereocenters. The van der Waals surface area contributed by atoms with Crippen LogP contribution in [0.25, 0.3) is 0 Å². The van der Waals surface area contributed by atoms with Crippen molar-refractivity contribution in [2.75, 3.05) is 31.5 Å². The van der Waals surface area contributed by atoms with Gasteiger partial charge in [0.05, 0.1) is 32.7 Å².